The molecule has 0 radical (unpaired) electrons. The van der Waals surface area contributed by atoms with E-state index >= 15 is 0 Å². The van der Waals surface area contributed by atoms with Crippen LogP contribution >= 0.6 is 0 Å². The van der Waals surface area contributed by atoms with Crippen LogP contribution in [0.2, 0.25) is 0 Å². The van der Waals surface area contributed by atoms with Crippen molar-refractivity contribution in [1.82, 2.24) is 5.32 Å². The van der Waals surface area contributed by atoms with Crippen LogP contribution in [0.25, 0.3) is 0 Å². The molecule has 0 spiro atoms. The van der Waals surface area contributed by atoms with Crippen LogP contribution in [-0.2, 0) is 0 Å². The Labute approximate surface area is 101 Å². The predicted molar refractivity (Wildman–Crippen MR) is 70.6 cm³/mol. The molecule has 92 valence electrons. The Morgan fingerprint density at radius 3 is 2.50 bits per heavy atom. The van der Waals surface area contributed by atoms with Crippen molar-refractivity contribution in [2.24, 2.45) is 5.41 Å². The van der Waals surface area contributed by atoms with Crippen LogP contribution in [0, 0.1) is 5.41 Å². The highest BCUT2D eigenvalue weighted by molar-refractivity contribution is 5.18. The maximum atomic E-state index is 3.64. The van der Waals surface area contributed by atoms with Crippen molar-refractivity contribution in [2.45, 2.75) is 70.8 Å². The van der Waals surface area contributed by atoms with Gasteiger partial charge in [0, 0.05) is 6.04 Å². The highest BCUT2D eigenvalue weighted by Gasteiger charge is 2.40. The minimum Gasteiger partial charge on any atom is -0.313 e. The molecule has 0 bridgehead atoms. The molecule has 0 aliphatic heterocycles. The first-order valence-corrected chi connectivity index (χ1v) is 7.18. The molecule has 2 aliphatic carbocycles. The predicted octanol–water partition coefficient (Wildman–Crippen LogP) is 4.05. The molecule has 0 aromatic rings. The van der Waals surface area contributed by atoms with Crippen LogP contribution in [0.4, 0.5) is 0 Å². The highest BCUT2D eigenvalue weighted by atomic mass is 14.9. The fourth-order valence-electron chi connectivity index (χ4n) is 3.94. The maximum absolute atomic E-state index is 3.64. The molecule has 1 N–H and O–H groups in total. The molecule has 0 aromatic heterocycles. The lowest BCUT2D eigenvalue weighted by atomic mass is 9.71. The fourth-order valence-corrected chi connectivity index (χ4v) is 3.94. The molecule has 1 heteroatoms. The summed E-state index contributed by atoms with van der Waals surface area (Å²) in [7, 11) is 2.16. The summed E-state index contributed by atoms with van der Waals surface area (Å²) in [5, 5.41) is 3.64. The van der Waals surface area contributed by atoms with Gasteiger partial charge in [-0.25, -0.2) is 0 Å². The van der Waals surface area contributed by atoms with Gasteiger partial charge in [-0.3, -0.25) is 0 Å². The monoisotopic (exact) mass is 221 g/mol. The Morgan fingerprint density at radius 2 is 2.00 bits per heavy atom. The first-order valence-electron chi connectivity index (χ1n) is 7.18. The summed E-state index contributed by atoms with van der Waals surface area (Å²) in [6.45, 7) is 2.39. The molecular formula is C15H27N. The van der Waals surface area contributed by atoms with Crippen molar-refractivity contribution in [3.63, 3.8) is 0 Å². The zero-order chi connectivity index (χ0) is 11.4. The van der Waals surface area contributed by atoms with E-state index in [0.29, 0.717) is 11.5 Å². The van der Waals surface area contributed by atoms with Crippen molar-refractivity contribution < 1.29 is 0 Å². The van der Waals surface area contributed by atoms with E-state index in [4.69, 9.17) is 0 Å². The molecule has 1 nitrogen and oxygen atoms in total. The van der Waals surface area contributed by atoms with E-state index in [-0.39, 0.29) is 0 Å². The maximum Gasteiger partial charge on any atom is 0.0333 e. The van der Waals surface area contributed by atoms with Gasteiger partial charge >= 0.3 is 0 Å². The average Bonchev–Trinajstić information content (AvgIpc) is 2.81. The van der Waals surface area contributed by atoms with Gasteiger partial charge in [-0.05, 0) is 57.4 Å². The van der Waals surface area contributed by atoms with Gasteiger partial charge in [0.05, 0.1) is 0 Å². The lowest BCUT2D eigenvalue weighted by Crippen LogP contribution is -2.43. The molecule has 1 unspecified atom stereocenters. The molecule has 2 rings (SSSR count). The summed E-state index contributed by atoms with van der Waals surface area (Å²) in [5.74, 6) is 0. The van der Waals surface area contributed by atoms with Gasteiger partial charge in [-0.2, -0.15) is 0 Å². The third-order valence-electron chi connectivity index (χ3n) is 4.90. The second-order valence-electron chi connectivity index (χ2n) is 5.67. The zero-order valence-corrected chi connectivity index (χ0v) is 11.0. The van der Waals surface area contributed by atoms with Gasteiger partial charge in [0.25, 0.3) is 0 Å². The Hall–Kier alpha value is -0.300. The number of rotatable bonds is 4. The van der Waals surface area contributed by atoms with Crippen LogP contribution in [0.3, 0.4) is 0 Å². The minimum atomic E-state index is 0.581. The van der Waals surface area contributed by atoms with E-state index in [0.717, 1.165) is 0 Å². The molecular weight excluding hydrogens is 194 g/mol. The third kappa shape index (κ3) is 2.20. The van der Waals surface area contributed by atoms with Gasteiger partial charge in [0.15, 0.2) is 0 Å². The molecule has 0 heterocycles. The number of hydrogen-bond acceptors (Lipinski definition) is 1. The number of likely N-dealkylation sites (N-methyl/N-ethyl adjacent to an activating group) is 1. The molecule has 1 atom stereocenters. The number of hydrogen-bond donors (Lipinski definition) is 1. The number of nitrogens with one attached hydrogen (secondary N) is 1. The fraction of sp³-hybridized carbons (Fsp3) is 0.867. The van der Waals surface area contributed by atoms with Crippen molar-refractivity contribution in [2.75, 3.05) is 7.05 Å². The normalized spacial score (nSPS) is 26.5. The summed E-state index contributed by atoms with van der Waals surface area (Å²) in [4.78, 5) is 0. The van der Waals surface area contributed by atoms with E-state index in [1.807, 2.05) is 0 Å². The number of allylic oxidation sites excluding steroid dienone is 1. The van der Waals surface area contributed by atoms with Crippen LogP contribution in [0.5, 0.6) is 0 Å². The third-order valence-corrected chi connectivity index (χ3v) is 4.90. The first-order chi connectivity index (χ1) is 7.82. The Balaban J connectivity index is 2.16. The Bertz CT molecular complexity index is 248. The zero-order valence-electron chi connectivity index (χ0n) is 11.0. The van der Waals surface area contributed by atoms with Crippen molar-refractivity contribution in [3.05, 3.63) is 11.6 Å². The van der Waals surface area contributed by atoms with E-state index in [9.17, 15) is 0 Å². The van der Waals surface area contributed by atoms with Gasteiger partial charge in [-0.15, -0.1) is 0 Å². The molecule has 16 heavy (non-hydrogen) atoms. The molecule has 1 saturated carbocycles. The van der Waals surface area contributed by atoms with E-state index < -0.39 is 0 Å². The lowest BCUT2D eigenvalue weighted by molar-refractivity contribution is 0.213. The Kier molecular flexibility index (Phi) is 4.07. The van der Waals surface area contributed by atoms with E-state index in [2.05, 4.69) is 25.4 Å². The molecule has 1 fully saturated rings. The van der Waals surface area contributed by atoms with Gasteiger partial charge in [0.1, 0.15) is 0 Å². The summed E-state index contributed by atoms with van der Waals surface area (Å²) < 4.78 is 0. The SMILES string of the molecule is CCC1(C(NC)C2=CCCCC2)CCCC1. The van der Waals surface area contributed by atoms with Gasteiger partial charge in [0.2, 0.25) is 0 Å². The molecule has 0 amide bonds. The lowest BCUT2D eigenvalue weighted by Gasteiger charge is -2.39. The minimum absolute atomic E-state index is 0.581. The van der Waals surface area contributed by atoms with Gasteiger partial charge < -0.3 is 5.32 Å². The second-order valence-corrected chi connectivity index (χ2v) is 5.67. The Morgan fingerprint density at radius 1 is 1.25 bits per heavy atom. The quantitative estimate of drug-likeness (QED) is 0.706. The van der Waals surface area contributed by atoms with Gasteiger partial charge in [-0.1, -0.05) is 31.4 Å². The van der Waals surface area contributed by atoms with Crippen molar-refractivity contribution >= 4 is 0 Å². The standard InChI is InChI=1S/C15H27N/c1-3-15(11-7-8-12-15)14(16-2)13-9-5-4-6-10-13/h9,14,16H,3-8,10-12H2,1-2H3. The molecule has 0 aromatic carbocycles. The highest BCUT2D eigenvalue weighted by Crippen LogP contribution is 2.46. The summed E-state index contributed by atoms with van der Waals surface area (Å²) in [5.41, 5.74) is 2.30. The van der Waals surface area contributed by atoms with Crippen LogP contribution in [0.15, 0.2) is 11.6 Å². The topological polar surface area (TPSA) is 12.0 Å². The van der Waals surface area contributed by atoms with Crippen LogP contribution in [-0.4, -0.2) is 13.1 Å². The first kappa shape index (κ1) is 12.2. The van der Waals surface area contributed by atoms with Crippen LogP contribution in [0.1, 0.15) is 64.7 Å². The van der Waals surface area contributed by atoms with Crippen molar-refractivity contribution in [1.29, 1.82) is 0 Å². The van der Waals surface area contributed by atoms with Crippen molar-refractivity contribution in [3.8, 4) is 0 Å². The molecule has 2 aliphatic rings. The van der Waals surface area contributed by atoms with E-state index in [1.54, 1.807) is 5.57 Å². The smallest absolute Gasteiger partial charge is 0.0333 e. The van der Waals surface area contributed by atoms with E-state index in [1.165, 1.54) is 57.8 Å². The largest absolute Gasteiger partial charge is 0.313 e. The van der Waals surface area contributed by atoms with Crippen LogP contribution < -0.4 is 5.32 Å². The summed E-state index contributed by atoms with van der Waals surface area (Å²) in [6.07, 6.45) is 15.1. The average molecular weight is 221 g/mol. The molecule has 0 saturated heterocycles. The summed E-state index contributed by atoms with van der Waals surface area (Å²) >= 11 is 0. The second kappa shape index (κ2) is 5.35. The summed E-state index contributed by atoms with van der Waals surface area (Å²) in [6, 6.07) is 0.667.